The van der Waals surface area contributed by atoms with Gasteiger partial charge in [0.2, 0.25) is 5.88 Å². The van der Waals surface area contributed by atoms with E-state index in [0.29, 0.717) is 10.5 Å². The van der Waals surface area contributed by atoms with Gasteiger partial charge in [-0.15, -0.1) is 11.3 Å². The Labute approximate surface area is 192 Å². The Morgan fingerprint density at radius 2 is 1.94 bits per heavy atom. The maximum atomic E-state index is 12.8. The van der Waals surface area contributed by atoms with E-state index in [1.165, 1.54) is 16.2 Å². The lowest BCUT2D eigenvalue weighted by Gasteiger charge is -2.26. The Morgan fingerprint density at radius 3 is 2.59 bits per heavy atom. The number of halogens is 1. The van der Waals surface area contributed by atoms with Gasteiger partial charge in [0.25, 0.3) is 5.91 Å². The zero-order valence-electron chi connectivity index (χ0n) is 16.8. The van der Waals surface area contributed by atoms with Crippen molar-refractivity contribution in [2.45, 2.75) is 30.8 Å². The average Bonchev–Trinajstić information content (AvgIpc) is 3.43. The SMILES string of the molecule is O=C(N[C@@H](Cc1ccccc1)[C@@H](O)C(=O)N1C[C@@H](O)[C@@H](O)C1)Oc1cc2scc(Cl)c2[nH]1. The summed E-state index contributed by atoms with van der Waals surface area (Å²) in [6, 6.07) is 9.68. The van der Waals surface area contributed by atoms with Crippen LogP contribution in [-0.2, 0) is 11.2 Å². The van der Waals surface area contributed by atoms with Gasteiger partial charge in [-0.1, -0.05) is 41.9 Å². The Balaban J connectivity index is 1.47. The Kier molecular flexibility index (Phi) is 6.68. The largest absolute Gasteiger partial charge is 0.414 e. The first kappa shape index (κ1) is 22.6. The molecule has 0 saturated carbocycles. The smallest absolute Gasteiger partial charge is 0.393 e. The lowest BCUT2D eigenvalue weighted by molar-refractivity contribution is -0.141. The van der Waals surface area contributed by atoms with Crippen LogP contribution in [0.3, 0.4) is 0 Å². The van der Waals surface area contributed by atoms with E-state index in [2.05, 4.69) is 10.3 Å². The first-order valence-electron chi connectivity index (χ1n) is 9.92. The van der Waals surface area contributed by atoms with Crippen LogP contribution in [0.5, 0.6) is 5.88 Å². The number of benzene rings is 1. The minimum atomic E-state index is -1.61. The molecule has 1 aromatic carbocycles. The van der Waals surface area contributed by atoms with Crippen molar-refractivity contribution in [3.63, 3.8) is 0 Å². The Hall–Kier alpha value is -2.63. The van der Waals surface area contributed by atoms with Crippen LogP contribution >= 0.6 is 22.9 Å². The number of hydrogen-bond acceptors (Lipinski definition) is 7. The second kappa shape index (κ2) is 9.47. The van der Waals surface area contributed by atoms with Crippen molar-refractivity contribution in [2.24, 2.45) is 0 Å². The summed E-state index contributed by atoms with van der Waals surface area (Å²) < 4.78 is 6.12. The summed E-state index contributed by atoms with van der Waals surface area (Å²) in [4.78, 5) is 29.4. The van der Waals surface area contributed by atoms with Crippen molar-refractivity contribution in [3.05, 3.63) is 52.4 Å². The summed E-state index contributed by atoms with van der Waals surface area (Å²) in [6.45, 7) is -0.195. The van der Waals surface area contributed by atoms with Crippen molar-refractivity contribution < 1.29 is 29.6 Å². The second-order valence-corrected chi connectivity index (χ2v) is 8.93. The molecule has 4 atom stereocenters. The van der Waals surface area contributed by atoms with Gasteiger partial charge >= 0.3 is 6.09 Å². The van der Waals surface area contributed by atoms with Crippen molar-refractivity contribution in [1.29, 1.82) is 0 Å². The van der Waals surface area contributed by atoms with E-state index in [1.54, 1.807) is 11.4 Å². The van der Waals surface area contributed by atoms with Crippen molar-refractivity contribution in [3.8, 4) is 5.88 Å². The molecule has 0 spiro atoms. The quantitative estimate of drug-likeness (QED) is 0.363. The molecule has 2 aromatic heterocycles. The zero-order valence-corrected chi connectivity index (χ0v) is 18.3. The standard InChI is InChI=1S/C21H22ClN3O6S/c22-12-10-32-16-7-17(24-18(12)16)31-21(30)23-13(6-11-4-2-1-3-5-11)19(28)20(29)25-8-14(26)15(27)9-25/h1-5,7,10,13-15,19,24,26-28H,6,8-9H2,(H,23,30)/t13-,14-,15+,19+/m0/s1. The molecule has 0 radical (unpaired) electrons. The fourth-order valence-electron chi connectivity index (χ4n) is 3.61. The van der Waals surface area contributed by atoms with Crippen LogP contribution in [0.15, 0.2) is 41.8 Å². The molecule has 1 aliphatic heterocycles. The number of ether oxygens (including phenoxy) is 1. The molecule has 1 saturated heterocycles. The molecule has 2 amide bonds. The third-order valence-corrected chi connectivity index (χ3v) is 6.65. The first-order valence-corrected chi connectivity index (χ1v) is 11.2. The molecule has 0 unspecified atom stereocenters. The number of aliphatic hydroxyl groups is 3. The number of likely N-dealkylation sites (tertiary alicyclic amines) is 1. The highest BCUT2D eigenvalue weighted by Crippen LogP contribution is 2.32. The van der Waals surface area contributed by atoms with Crippen LogP contribution in [-0.4, -0.2) is 74.6 Å². The number of hydrogen-bond donors (Lipinski definition) is 5. The fourth-order valence-corrected chi connectivity index (χ4v) is 4.75. The molecular formula is C21H22ClN3O6S. The lowest BCUT2D eigenvalue weighted by Crippen LogP contribution is -2.53. The number of rotatable bonds is 6. The third-order valence-electron chi connectivity index (χ3n) is 5.29. The van der Waals surface area contributed by atoms with Gasteiger partial charge in [0.15, 0.2) is 6.10 Å². The van der Waals surface area contributed by atoms with Gasteiger partial charge in [-0.3, -0.25) is 4.79 Å². The number of aliphatic hydroxyl groups excluding tert-OH is 3. The van der Waals surface area contributed by atoms with Crippen LogP contribution in [0, 0.1) is 0 Å². The van der Waals surface area contributed by atoms with Gasteiger partial charge in [0, 0.05) is 24.5 Å². The van der Waals surface area contributed by atoms with Crippen molar-refractivity contribution in [1.82, 2.24) is 15.2 Å². The highest BCUT2D eigenvalue weighted by atomic mass is 35.5. The molecule has 3 aromatic rings. The van der Waals surface area contributed by atoms with E-state index < -0.39 is 36.4 Å². The zero-order chi connectivity index (χ0) is 22.8. The maximum absolute atomic E-state index is 12.8. The maximum Gasteiger partial charge on any atom is 0.414 e. The number of β-amino-alcohol motifs (C(OH)–C–C–N with tert-alkyl or cyclic N) is 2. The normalized spacial score (nSPS) is 20.3. The molecule has 3 heterocycles. The van der Waals surface area contributed by atoms with E-state index in [1.807, 2.05) is 30.3 Å². The Morgan fingerprint density at radius 1 is 1.25 bits per heavy atom. The second-order valence-electron chi connectivity index (χ2n) is 7.61. The monoisotopic (exact) mass is 479 g/mol. The molecule has 32 heavy (non-hydrogen) atoms. The van der Waals surface area contributed by atoms with Gasteiger partial charge in [-0.2, -0.15) is 0 Å². The molecule has 1 aliphatic rings. The number of aromatic nitrogens is 1. The van der Waals surface area contributed by atoms with Gasteiger partial charge in [-0.25, -0.2) is 4.79 Å². The average molecular weight is 480 g/mol. The van der Waals surface area contributed by atoms with E-state index in [0.717, 1.165) is 10.3 Å². The Bertz CT molecular complexity index is 1090. The van der Waals surface area contributed by atoms with Crippen LogP contribution in [0.2, 0.25) is 5.02 Å². The van der Waals surface area contributed by atoms with E-state index in [9.17, 15) is 24.9 Å². The molecular weight excluding hydrogens is 458 g/mol. The third kappa shape index (κ3) is 4.89. The van der Waals surface area contributed by atoms with Gasteiger partial charge in [0.05, 0.1) is 33.5 Å². The number of nitrogens with one attached hydrogen (secondary N) is 2. The highest BCUT2D eigenvalue weighted by molar-refractivity contribution is 7.17. The summed E-state index contributed by atoms with van der Waals surface area (Å²) in [7, 11) is 0. The van der Waals surface area contributed by atoms with Crippen LogP contribution < -0.4 is 10.1 Å². The molecule has 170 valence electrons. The van der Waals surface area contributed by atoms with E-state index >= 15 is 0 Å². The van der Waals surface area contributed by atoms with E-state index in [4.69, 9.17) is 16.3 Å². The molecule has 0 bridgehead atoms. The first-order chi connectivity index (χ1) is 15.3. The molecule has 0 aliphatic carbocycles. The number of carbonyl (C=O) groups is 2. The highest BCUT2D eigenvalue weighted by Gasteiger charge is 2.38. The molecule has 11 heteroatoms. The number of amides is 2. The van der Waals surface area contributed by atoms with Crippen LogP contribution in [0.4, 0.5) is 4.79 Å². The number of carbonyl (C=O) groups excluding carboxylic acids is 2. The van der Waals surface area contributed by atoms with Gasteiger partial charge < -0.3 is 35.3 Å². The summed E-state index contributed by atoms with van der Waals surface area (Å²) in [5, 5.41) is 35.0. The minimum absolute atomic E-state index is 0.0977. The topological polar surface area (TPSA) is 135 Å². The summed E-state index contributed by atoms with van der Waals surface area (Å²) in [5.74, 6) is -0.523. The molecule has 1 fully saturated rings. The van der Waals surface area contributed by atoms with Gasteiger partial charge in [0.1, 0.15) is 0 Å². The van der Waals surface area contributed by atoms with Crippen LogP contribution in [0.25, 0.3) is 10.2 Å². The predicted octanol–water partition coefficient (Wildman–Crippen LogP) is 1.51. The number of aromatic amines is 1. The van der Waals surface area contributed by atoms with Gasteiger partial charge in [-0.05, 0) is 12.0 Å². The lowest BCUT2D eigenvalue weighted by atomic mass is 10.0. The molecule has 4 rings (SSSR count). The summed E-state index contributed by atoms with van der Waals surface area (Å²) in [5.41, 5.74) is 1.44. The number of nitrogens with zero attached hydrogens (tertiary/aromatic N) is 1. The summed E-state index contributed by atoms with van der Waals surface area (Å²) in [6.07, 6.45) is -4.46. The van der Waals surface area contributed by atoms with Crippen molar-refractivity contribution >= 4 is 45.2 Å². The van der Waals surface area contributed by atoms with Crippen LogP contribution in [0.1, 0.15) is 5.56 Å². The molecule has 9 nitrogen and oxygen atoms in total. The van der Waals surface area contributed by atoms with Crippen molar-refractivity contribution in [2.75, 3.05) is 13.1 Å². The van der Waals surface area contributed by atoms with E-state index in [-0.39, 0.29) is 25.4 Å². The number of H-pyrrole nitrogens is 1. The fraction of sp³-hybridized carbons (Fsp3) is 0.333. The minimum Gasteiger partial charge on any atom is -0.393 e. The predicted molar refractivity (Wildman–Crippen MR) is 119 cm³/mol. The number of thiophene rings is 1. The number of fused-ring (bicyclic) bond motifs is 1. The summed E-state index contributed by atoms with van der Waals surface area (Å²) >= 11 is 7.46. The molecule has 5 N–H and O–H groups in total.